The molecule has 34 heavy (non-hydrogen) atoms. The Morgan fingerprint density at radius 2 is 1.94 bits per heavy atom. The molecule has 0 unspecified atom stereocenters. The second-order valence-corrected chi connectivity index (χ2v) is 12.2. The van der Waals surface area contributed by atoms with Gasteiger partial charge in [-0.15, -0.1) is 0 Å². The maximum Gasteiger partial charge on any atom is 0.242 e. The summed E-state index contributed by atoms with van der Waals surface area (Å²) in [6.45, 7) is 8.66. The molecule has 2 saturated carbocycles. The molecule has 0 spiro atoms. The number of fused-ring (bicyclic) bond motifs is 2. The smallest absolute Gasteiger partial charge is 0.242 e. The van der Waals surface area contributed by atoms with Crippen LogP contribution < -0.4 is 5.32 Å². The summed E-state index contributed by atoms with van der Waals surface area (Å²) in [5, 5.41) is 2.51. The fourth-order valence-corrected chi connectivity index (χ4v) is 7.62. The van der Waals surface area contributed by atoms with Gasteiger partial charge in [-0.25, -0.2) is 21.6 Å². The highest BCUT2D eigenvalue weighted by atomic mass is 35.5. The first-order valence-corrected chi connectivity index (χ1v) is 13.1. The summed E-state index contributed by atoms with van der Waals surface area (Å²) >= 11 is 5.94. The van der Waals surface area contributed by atoms with Gasteiger partial charge in [0.2, 0.25) is 15.9 Å². The lowest BCUT2D eigenvalue weighted by atomic mass is 9.74. The zero-order chi connectivity index (χ0) is 25.1. The Bertz CT molecular complexity index is 1150. The molecule has 2 aliphatic carbocycles. The van der Waals surface area contributed by atoms with Gasteiger partial charge < -0.3 is 5.32 Å². The molecular weight excluding hydrogens is 489 g/mol. The monoisotopic (exact) mass is 516 g/mol. The number of nitrogens with one attached hydrogen (secondary N) is 1. The standard InChI is InChI=1S/C24H28ClF3N2O3S/c1-4-14(2)34(32,33)30-12-7-16(15(30)3)22(31)29-21(19-18(26)6-5-17(25)20(19)27)23-8-10-24(28,13-23)11-9-23/h4-6,15-16,21H,1-2,7-13H2,3H3,(H,29,31)/t15-,16-,21-,23?,24?/m1/s1. The van der Waals surface area contributed by atoms with Gasteiger partial charge in [0.15, 0.2) is 0 Å². The molecule has 1 aromatic carbocycles. The van der Waals surface area contributed by atoms with Crippen molar-refractivity contribution in [3.05, 3.63) is 58.5 Å². The minimum atomic E-state index is -3.88. The van der Waals surface area contributed by atoms with Gasteiger partial charge in [0, 0.05) is 18.2 Å². The van der Waals surface area contributed by atoms with Gasteiger partial charge in [-0.2, -0.15) is 4.31 Å². The van der Waals surface area contributed by atoms with Gasteiger partial charge in [-0.05, 0) is 69.1 Å². The average Bonchev–Trinajstić information content (AvgIpc) is 3.46. The summed E-state index contributed by atoms with van der Waals surface area (Å²) in [5.74, 6) is -3.13. The maximum absolute atomic E-state index is 15.1. The highest BCUT2D eigenvalue weighted by Crippen LogP contribution is 2.63. The number of hydrogen-bond donors (Lipinski definition) is 1. The molecule has 1 N–H and O–H groups in total. The summed E-state index contributed by atoms with van der Waals surface area (Å²) < 4.78 is 71.8. The Balaban J connectivity index is 1.66. The number of amides is 1. The molecule has 1 amide bonds. The third kappa shape index (κ3) is 3.99. The number of nitrogens with zero attached hydrogens (tertiary/aromatic N) is 1. The molecule has 0 aromatic heterocycles. The summed E-state index contributed by atoms with van der Waals surface area (Å²) in [5.41, 5.74) is -2.63. The highest BCUT2D eigenvalue weighted by Gasteiger charge is 2.60. The van der Waals surface area contributed by atoms with E-state index in [1.807, 2.05) is 0 Å². The number of carbonyl (C=O) groups excluding carboxylic acids is 1. The zero-order valence-corrected chi connectivity index (χ0v) is 20.5. The molecule has 3 aliphatic rings. The molecule has 186 valence electrons. The number of halogens is 4. The SMILES string of the molecule is C=CC(=C)S(=O)(=O)N1CC[C@@H](C(=O)N[C@H](c2c(F)ccc(Cl)c2F)C23CCC(F)(CC2)C3)[C@H]1C. The normalized spacial score (nSPS) is 32.0. The Labute approximate surface area is 203 Å². The van der Waals surface area contributed by atoms with Gasteiger partial charge in [0.05, 0.1) is 21.9 Å². The van der Waals surface area contributed by atoms with E-state index in [-0.39, 0.29) is 47.7 Å². The molecule has 1 aromatic rings. The molecule has 5 nitrogen and oxygen atoms in total. The van der Waals surface area contributed by atoms with E-state index in [4.69, 9.17) is 11.6 Å². The lowest BCUT2D eigenvalue weighted by Gasteiger charge is -2.38. The number of sulfonamides is 1. The minimum absolute atomic E-state index is 0.0935. The summed E-state index contributed by atoms with van der Waals surface area (Å²) in [7, 11) is -3.88. The van der Waals surface area contributed by atoms with Crippen molar-refractivity contribution in [2.45, 2.75) is 63.2 Å². The number of allylic oxidation sites excluding steroid dienone is 1. The third-order valence-corrected chi connectivity index (χ3v) is 10.2. The first-order valence-electron chi connectivity index (χ1n) is 11.3. The van der Waals surface area contributed by atoms with E-state index in [1.54, 1.807) is 6.92 Å². The summed E-state index contributed by atoms with van der Waals surface area (Å²) in [6, 6.07) is 0.306. The van der Waals surface area contributed by atoms with Crippen molar-refractivity contribution in [1.82, 2.24) is 9.62 Å². The van der Waals surface area contributed by atoms with E-state index in [1.165, 1.54) is 4.31 Å². The third-order valence-electron chi connectivity index (χ3n) is 7.98. The van der Waals surface area contributed by atoms with Gasteiger partial charge in [-0.1, -0.05) is 24.8 Å². The van der Waals surface area contributed by atoms with Crippen molar-refractivity contribution in [3.8, 4) is 0 Å². The van der Waals surface area contributed by atoms with Crippen LogP contribution >= 0.6 is 11.6 Å². The molecule has 3 atom stereocenters. The van der Waals surface area contributed by atoms with Crippen LogP contribution in [-0.2, 0) is 14.8 Å². The number of alkyl halides is 1. The number of benzene rings is 1. The molecule has 4 rings (SSSR count). The fraction of sp³-hybridized carbons (Fsp3) is 0.542. The lowest BCUT2D eigenvalue weighted by Crippen LogP contribution is -2.46. The molecule has 10 heteroatoms. The second-order valence-electron chi connectivity index (χ2n) is 9.81. The number of carbonyl (C=O) groups is 1. The summed E-state index contributed by atoms with van der Waals surface area (Å²) in [6.07, 6.45) is 2.73. The topological polar surface area (TPSA) is 66.5 Å². The van der Waals surface area contributed by atoms with Crippen LogP contribution in [0.4, 0.5) is 13.2 Å². The highest BCUT2D eigenvalue weighted by molar-refractivity contribution is 7.93. The van der Waals surface area contributed by atoms with E-state index in [0.717, 1.165) is 18.2 Å². The van der Waals surface area contributed by atoms with Crippen LogP contribution in [-0.4, -0.2) is 36.9 Å². The Morgan fingerprint density at radius 3 is 2.50 bits per heavy atom. The molecule has 0 radical (unpaired) electrons. The van der Waals surface area contributed by atoms with E-state index < -0.39 is 56.7 Å². The Kier molecular flexibility index (Phi) is 6.44. The van der Waals surface area contributed by atoms with Crippen LogP contribution in [0, 0.1) is 23.0 Å². The van der Waals surface area contributed by atoms with Crippen molar-refractivity contribution in [1.29, 1.82) is 0 Å². The first-order chi connectivity index (χ1) is 15.8. The zero-order valence-electron chi connectivity index (χ0n) is 18.9. The van der Waals surface area contributed by atoms with Gasteiger partial charge in [-0.3, -0.25) is 4.79 Å². The van der Waals surface area contributed by atoms with Crippen molar-refractivity contribution in [3.63, 3.8) is 0 Å². The summed E-state index contributed by atoms with van der Waals surface area (Å²) in [4.78, 5) is 13.3. The maximum atomic E-state index is 15.1. The number of hydrogen-bond acceptors (Lipinski definition) is 3. The van der Waals surface area contributed by atoms with Crippen LogP contribution in [0.1, 0.15) is 57.1 Å². The van der Waals surface area contributed by atoms with Crippen LogP contribution in [0.15, 0.2) is 36.3 Å². The molecule has 1 heterocycles. The number of rotatable bonds is 7. The van der Waals surface area contributed by atoms with Gasteiger partial charge in [0.25, 0.3) is 0 Å². The van der Waals surface area contributed by atoms with Gasteiger partial charge in [0.1, 0.15) is 17.3 Å². The Hall–Kier alpha value is -1.84. The fourth-order valence-electron chi connectivity index (χ4n) is 6.02. The van der Waals surface area contributed by atoms with Crippen molar-refractivity contribution < 1.29 is 26.4 Å². The molecular formula is C24H28ClF3N2O3S. The first kappa shape index (κ1) is 25.3. The van der Waals surface area contributed by atoms with E-state index in [9.17, 15) is 17.6 Å². The van der Waals surface area contributed by atoms with E-state index >= 15 is 8.78 Å². The van der Waals surface area contributed by atoms with Crippen molar-refractivity contribution in [2.24, 2.45) is 11.3 Å². The molecule has 3 fully saturated rings. The second kappa shape index (κ2) is 8.68. The minimum Gasteiger partial charge on any atom is -0.348 e. The predicted octanol–water partition coefficient (Wildman–Crippen LogP) is 5.19. The van der Waals surface area contributed by atoms with Crippen molar-refractivity contribution >= 4 is 27.5 Å². The van der Waals surface area contributed by atoms with Crippen LogP contribution in [0.2, 0.25) is 5.02 Å². The van der Waals surface area contributed by atoms with Crippen LogP contribution in [0.3, 0.4) is 0 Å². The van der Waals surface area contributed by atoms with Gasteiger partial charge >= 0.3 is 0 Å². The average molecular weight is 517 g/mol. The van der Waals surface area contributed by atoms with E-state index in [0.29, 0.717) is 12.8 Å². The Morgan fingerprint density at radius 1 is 1.29 bits per heavy atom. The molecule has 2 bridgehead atoms. The molecule has 1 saturated heterocycles. The largest absolute Gasteiger partial charge is 0.348 e. The lowest BCUT2D eigenvalue weighted by molar-refractivity contribution is -0.127. The quantitative estimate of drug-likeness (QED) is 0.401. The van der Waals surface area contributed by atoms with Crippen LogP contribution in [0.5, 0.6) is 0 Å². The molecule has 1 aliphatic heterocycles. The van der Waals surface area contributed by atoms with Crippen molar-refractivity contribution in [2.75, 3.05) is 6.54 Å². The van der Waals surface area contributed by atoms with Crippen LogP contribution in [0.25, 0.3) is 0 Å². The predicted molar refractivity (Wildman–Crippen MR) is 124 cm³/mol. The van der Waals surface area contributed by atoms with E-state index in [2.05, 4.69) is 18.5 Å².